The van der Waals surface area contributed by atoms with Crippen LogP contribution in [-0.2, 0) is 12.7 Å². The van der Waals surface area contributed by atoms with Crippen LogP contribution in [0.3, 0.4) is 0 Å². The highest BCUT2D eigenvalue weighted by atomic mass is 79.9. The molecule has 0 aliphatic carbocycles. The van der Waals surface area contributed by atoms with E-state index in [9.17, 15) is 22.4 Å². The highest BCUT2D eigenvalue weighted by Crippen LogP contribution is 2.31. The average Bonchev–Trinajstić information content (AvgIpc) is 2.77. The smallest absolute Gasteiger partial charge is 0.435 e. The van der Waals surface area contributed by atoms with Gasteiger partial charge in [0.1, 0.15) is 5.82 Å². The number of alkyl halides is 3. The molecular formula is C11H6BrF4N3O2. The van der Waals surface area contributed by atoms with Crippen LogP contribution >= 0.6 is 15.9 Å². The third kappa shape index (κ3) is 3.20. The van der Waals surface area contributed by atoms with Crippen molar-refractivity contribution < 1.29 is 27.5 Å². The lowest BCUT2D eigenvalue weighted by atomic mass is 10.2. The van der Waals surface area contributed by atoms with Crippen molar-refractivity contribution in [1.29, 1.82) is 0 Å². The number of benzene rings is 1. The van der Waals surface area contributed by atoms with Crippen LogP contribution in [0.15, 0.2) is 22.7 Å². The van der Waals surface area contributed by atoms with Crippen molar-refractivity contribution in [2.75, 3.05) is 0 Å². The Kier molecular flexibility index (Phi) is 3.99. The van der Waals surface area contributed by atoms with Crippen molar-refractivity contribution in [3.8, 4) is 0 Å². The van der Waals surface area contributed by atoms with Crippen molar-refractivity contribution in [3.05, 3.63) is 45.4 Å². The van der Waals surface area contributed by atoms with Gasteiger partial charge in [-0.3, -0.25) is 0 Å². The molecule has 0 saturated heterocycles. The van der Waals surface area contributed by atoms with Crippen molar-refractivity contribution in [1.82, 2.24) is 15.0 Å². The lowest BCUT2D eigenvalue weighted by molar-refractivity contribution is -0.144. The number of hydrogen-bond donors (Lipinski definition) is 1. The normalized spacial score (nSPS) is 11.7. The van der Waals surface area contributed by atoms with Gasteiger partial charge in [0.2, 0.25) is 5.69 Å². The summed E-state index contributed by atoms with van der Waals surface area (Å²) in [5.74, 6) is -2.39. The van der Waals surface area contributed by atoms with Crippen LogP contribution in [0.25, 0.3) is 0 Å². The standard InChI is InChI=1S/C11H6BrF4N3O2/c12-6-3-5(1-2-7(6)13)4-19-9(11(14,15)16)8(10(20)21)17-18-19/h1-3H,4H2,(H,20,21). The fourth-order valence-corrected chi connectivity index (χ4v) is 2.09. The Morgan fingerprint density at radius 1 is 1.38 bits per heavy atom. The van der Waals surface area contributed by atoms with Crippen LogP contribution in [-0.4, -0.2) is 26.1 Å². The van der Waals surface area contributed by atoms with E-state index >= 15 is 0 Å². The second-order valence-electron chi connectivity index (χ2n) is 4.00. The van der Waals surface area contributed by atoms with Crippen molar-refractivity contribution in [2.45, 2.75) is 12.7 Å². The highest BCUT2D eigenvalue weighted by molar-refractivity contribution is 9.10. The van der Waals surface area contributed by atoms with Gasteiger partial charge in [-0.1, -0.05) is 11.3 Å². The summed E-state index contributed by atoms with van der Waals surface area (Å²) in [6.45, 7) is -0.395. The fraction of sp³-hybridized carbons (Fsp3) is 0.182. The number of carboxylic acids is 1. The molecule has 0 aliphatic heterocycles. The monoisotopic (exact) mass is 367 g/mol. The molecule has 0 spiro atoms. The summed E-state index contributed by atoms with van der Waals surface area (Å²) in [4.78, 5) is 10.8. The number of hydrogen-bond acceptors (Lipinski definition) is 3. The molecule has 0 unspecified atom stereocenters. The molecule has 10 heteroatoms. The molecule has 1 N–H and O–H groups in total. The summed E-state index contributed by atoms with van der Waals surface area (Å²) < 4.78 is 52.3. The van der Waals surface area contributed by atoms with E-state index in [1.54, 1.807) is 0 Å². The number of carbonyl (C=O) groups is 1. The summed E-state index contributed by atoms with van der Waals surface area (Å²) in [6, 6.07) is 3.61. The number of carboxylic acid groups (broad SMARTS) is 1. The minimum Gasteiger partial charge on any atom is -0.476 e. The van der Waals surface area contributed by atoms with Crippen LogP contribution in [0.5, 0.6) is 0 Å². The lowest BCUT2D eigenvalue weighted by Crippen LogP contribution is -2.19. The van der Waals surface area contributed by atoms with Crippen molar-refractivity contribution in [3.63, 3.8) is 0 Å². The van der Waals surface area contributed by atoms with Gasteiger partial charge in [-0.15, -0.1) is 5.10 Å². The molecular weight excluding hydrogens is 362 g/mol. The molecule has 2 rings (SSSR count). The summed E-state index contributed by atoms with van der Waals surface area (Å²) in [5, 5.41) is 14.9. The average molecular weight is 368 g/mol. The van der Waals surface area contributed by atoms with Gasteiger partial charge < -0.3 is 5.11 Å². The number of aromatic nitrogens is 3. The van der Waals surface area contributed by atoms with Gasteiger partial charge in [0.05, 0.1) is 11.0 Å². The summed E-state index contributed by atoms with van der Waals surface area (Å²) >= 11 is 2.91. The Morgan fingerprint density at radius 2 is 2.05 bits per heavy atom. The van der Waals surface area contributed by atoms with Crippen molar-refractivity contribution in [2.24, 2.45) is 0 Å². The molecule has 1 aromatic carbocycles. The van der Waals surface area contributed by atoms with Gasteiger partial charge in [-0.05, 0) is 33.6 Å². The van der Waals surface area contributed by atoms with Crippen molar-refractivity contribution >= 4 is 21.9 Å². The zero-order chi connectivity index (χ0) is 15.8. The predicted octanol–water partition coefficient (Wildman–Crippen LogP) is 2.95. The summed E-state index contributed by atoms with van der Waals surface area (Å²) in [5.41, 5.74) is -2.34. The zero-order valence-electron chi connectivity index (χ0n) is 10.0. The fourth-order valence-electron chi connectivity index (χ4n) is 1.66. The number of nitrogens with zero attached hydrogens (tertiary/aromatic N) is 3. The third-order valence-corrected chi connectivity index (χ3v) is 3.13. The molecule has 1 aromatic heterocycles. The van der Waals surface area contributed by atoms with Gasteiger partial charge in [0.25, 0.3) is 0 Å². The van der Waals surface area contributed by atoms with Crippen LogP contribution in [0.2, 0.25) is 0 Å². The molecule has 0 atom stereocenters. The van der Waals surface area contributed by atoms with Crippen LogP contribution in [0.1, 0.15) is 21.7 Å². The minimum absolute atomic E-state index is 0.0760. The first kappa shape index (κ1) is 15.4. The quantitative estimate of drug-likeness (QED) is 0.846. The molecule has 1 heterocycles. The van der Waals surface area contributed by atoms with E-state index < -0.39 is 35.9 Å². The Balaban J connectivity index is 2.45. The van der Waals surface area contributed by atoms with Crippen LogP contribution in [0, 0.1) is 5.82 Å². The molecule has 0 radical (unpaired) electrons. The summed E-state index contributed by atoms with van der Waals surface area (Å²) in [6.07, 6.45) is -4.92. The lowest BCUT2D eigenvalue weighted by Gasteiger charge is -2.10. The zero-order valence-corrected chi connectivity index (χ0v) is 11.6. The van der Waals surface area contributed by atoms with Crippen LogP contribution < -0.4 is 0 Å². The Hall–Kier alpha value is -1.97. The van der Waals surface area contributed by atoms with E-state index in [2.05, 4.69) is 26.2 Å². The maximum atomic E-state index is 13.1. The van der Waals surface area contributed by atoms with Gasteiger partial charge in [0, 0.05) is 0 Å². The number of halogens is 5. The molecule has 21 heavy (non-hydrogen) atoms. The number of rotatable bonds is 3. The van der Waals surface area contributed by atoms with Gasteiger partial charge in [-0.2, -0.15) is 13.2 Å². The summed E-state index contributed by atoms with van der Waals surface area (Å²) in [7, 11) is 0. The van der Waals surface area contributed by atoms with E-state index in [4.69, 9.17) is 5.11 Å². The molecule has 0 fully saturated rings. The molecule has 0 aliphatic rings. The van der Waals surface area contributed by atoms with E-state index in [1.165, 1.54) is 12.1 Å². The Morgan fingerprint density at radius 3 is 2.57 bits per heavy atom. The molecule has 0 bridgehead atoms. The van der Waals surface area contributed by atoms with E-state index in [1.807, 2.05) is 0 Å². The minimum atomic E-state index is -4.92. The number of aromatic carboxylic acids is 1. The SMILES string of the molecule is O=C(O)c1nnn(Cc2ccc(F)c(Br)c2)c1C(F)(F)F. The van der Waals surface area contributed by atoms with Gasteiger partial charge in [0.15, 0.2) is 5.69 Å². The highest BCUT2D eigenvalue weighted by Gasteiger charge is 2.41. The first-order valence-electron chi connectivity index (χ1n) is 5.38. The van der Waals surface area contributed by atoms with Gasteiger partial charge in [-0.25, -0.2) is 13.9 Å². The first-order chi connectivity index (χ1) is 9.70. The van der Waals surface area contributed by atoms with E-state index in [-0.39, 0.29) is 4.47 Å². The topological polar surface area (TPSA) is 68.0 Å². The van der Waals surface area contributed by atoms with Crippen LogP contribution in [0.4, 0.5) is 17.6 Å². The predicted molar refractivity (Wildman–Crippen MR) is 65.2 cm³/mol. The largest absolute Gasteiger partial charge is 0.476 e. The molecule has 5 nitrogen and oxygen atoms in total. The Labute approximate surface area is 123 Å². The second kappa shape index (κ2) is 5.43. The molecule has 0 saturated carbocycles. The maximum Gasteiger partial charge on any atom is 0.435 e. The second-order valence-corrected chi connectivity index (χ2v) is 4.85. The molecule has 0 amide bonds. The van der Waals surface area contributed by atoms with E-state index in [0.717, 1.165) is 6.07 Å². The Bertz CT molecular complexity index is 699. The maximum absolute atomic E-state index is 13.1. The first-order valence-corrected chi connectivity index (χ1v) is 6.17. The third-order valence-electron chi connectivity index (χ3n) is 2.52. The van der Waals surface area contributed by atoms with E-state index in [0.29, 0.717) is 10.2 Å². The molecule has 2 aromatic rings. The van der Waals surface area contributed by atoms with Gasteiger partial charge >= 0.3 is 12.1 Å². The molecule has 112 valence electrons.